The van der Waals surface area contributed by atoms with Crippen molar-refractivity contribution < 1.29 is 18.3 Å². The number of hydrogen-bond donors (Lipinski definition) is 2. The van der Waals surface area contributed by atoms with Gasteiger partial charge in [-0.1, -0.05) is 5.21 Å². The quantitative estimate of drug-likeness (QED) is 0.715. The minimum atomic E-state index is -3.65. The van der Waals surface area contributed by atoms with E-state index >= 15 is 0 Å². The number of carbonyl (C=O) groups is 1. The Kier molecular flexibility index (Phi) is 4.47. The molecular formula is C10H12N4O4S2. The molecule has 0 aliphatic rings. The Morgan fingerprint density at radius 3 is 2.85 bits per heavy atom. The van der Waals surface area contributed by atoms with Gasteiger partial charge in [-0.05, 0) is 18.6 Å². The van der Waals surface area contributed by atoms with Crippen LogP contribution in [0.4, 0.5) is 0 Å². The van der Waals surface area contributed by atoms with Crippen LogP contribution in [0.15, 0.2) is 28.7 Å². The number of thiophene rings is 1. The molecule has 2 aromatic rings. The standard InChI is InChI=1S/C10H12N4O4S2/c15-10(16)8-2-3-9(19-8)20(17,18)12-4-1-6-14-7-5-11-13-14/h2-3,5,7,12H,1,4,6H2,(H,15,16). The minimum Gasteiger partial charge on any atom is -0.477 e. The van der Waals surface area contributed by atoms with E-state index in [1.165, 1.54) is 12.1 Å². The van der Waals surface area contributed by atoms with Gasteiger partial charge in [0.1, 0.15) is 9.09 Å². The van der Waals surface area contributed by atoms with Gasteiger partial charge in [-0.15, -0.1) is 16.4 Å². The minimum absolute atomic E-state index is 0.00402. The van der Waals surface area contributed by atoms with Crippen molar-refractivity contribution in [1.82, 2.24) is 19.7 Å². The third-order valence-electron chi connectivity index (χ3n) is 2.38. The first-order chi connectivity index (χ1) is 9.49. The van der Waals surface area contributed by atoms with Crippen molar-refractivity contribution in [3.63, 3.8) is 0 Å². The van der Waals surface area contributed by atoms with Crippen LogP contribution in [0, 0.1) is 0 Å². The zero-order valence-corrected chi connectivity index (χ0v) is 11.9. The van der Waals surface area contributed by atoms with E-state index in [0.29, 0.717) is 13.0 Å². The van der Waals surface area contributed by atoms with Crippen molar-refractivity contribution in [2.45, 2.75) is 17.2 Å². The normalized spacial score (nSPS) is 11.6. The van der Waals surface area contributed by atoms with E-state index in [1.807, 2.05) is 0 Å². The van der Waals surface area contributed by atoms with Crippen molar-refractivity contribution >= 4 is 27.3 Å². The largest absolute Gasteiger partial charge is 0.477 e. The molecule has 0 unspecified atom stereocenters. The first kappa shape index (κ1) is 14.6. The van der Waals surface area contributed by atoms with E-state index in [2.05, 4.69) is 15.0 Å². The van der Waals surface area contributed by atoms with E-state index < -0.39 is 16.0 Å². The van der Waals surface area contributed by atoms with Crippen molar-refractivity contribution in [3.05, 3.63) is 29.4 Å². The zero-order chi connectivity index (χ0) is 14.6. The summed E-state index contributed by atoms with van der Waals surface area (Å²) in [5.41, 5.74) is 0. The lowest BCUT2D eigenvalue weighted by atomic mass is 10.4. The van der Waals surface area contributed by atoms with Crippen LogP contribution in [0.5, 0.6) is 0 Å². The highest BCUT2D eigenvalue weighted by Crippen LogP contribution is 2.21. The molecule has 2 heterocycles. The highest BCUT2D eigenvalue weighted by atomic mass is 32.2. The Bertz CT molecular complexity index is 678. The number of aromatic carboxylic acids is 1. The van der Waals surface area contributed by atoms with E-state index in [1.54, 1.807) is 17.1 Å². The lowest BCUT2D eigenvalue weighted by Gasteiger charge is -2.04. The predicted molar refractivity (Wildman–Crippen MR) is 71.1 cm³/mol. The zero-order valence-electron chi connectivity index (χ0n) is 10.3. The third-order valence-corrected chi connectivity index (χ3v) is 5.41. The average Bonchev–Trinajstić information content (AvgIpc) is 3.05. The van der Waals surface area contributed by atoms with E-state index in [4.69, 9.17) is 5.11 Å². The second kappa shape index (κ2) is 6.11. The number of aromatic nitrogens is 3. The van der Waals surface area contributed by atoms with Crippen molar-refractivity contribution in [3.8, 4) is 0 Å². The molecule has 2 N–H and O–H groups in total. The number of carboxylic acid groups (broad SMARTS) is 1. The highest BCUT2D eigenvalue weighted by Gasteiger charge is 2.18. The van der Waals surface area contributed by atoms with Gasteiger partial charge in [0.15, 0.2) is 0 Å². The van der Waals surface area contributed by atoms with Gasteiger partial charge in [0.25, 0.3) is 0 Å². The Morgan fingerprint density at radius 2 is 2.25 bits per heavy atom. The second-order valence-corrected chi connectivity index (χ2v) is 6.92. The lowest BCUT2D eigenvalue weighted by molar-refractivity contribution is 0.0702. The third kappa shape index (κ3) is 3.62. The number of sulfonamides is 1. The monoisotopic (exact) mass is 316 g/mol. The summed E-state index contributed by atoms with van der Waals surface area (Å²) in [6.45, 7) is 0.788. The molecule has 0 atom stereocenters. The van der Waals surface area contributed by atoms with Gasteiger partial charge in [0, 0.05) is 19.3 Å². The summed E-state index contributed by atoms with van der Waals surface area (Å²) in [5, 5.41) is 16.2. The molecule has 0 saturated heterocycles. The average molecular weight is 316 g/mol. The van der Waals surface area contributed by atoms with Crippen LogP contribution < -0.4 is 4.72 Å². The number of nitrogens with zero attached hydrogens (tertiary/aromatic N) is 3. The molecule has 10 heteroatoms. The van der Waals surface area contributed by atoms with Crippen LogP contribution in [-0.4, -0.2) is 41.0 Å². The molecule has 0 spiro atoms. The van der Waals surface area contributed by atoms with Crippen LogP contribution in [0.25, 0.3) is 0 Å². The summed E-state index contributed by atoms with van der Waals surface area (Å²) in [5.74, 6) is -1.14. The molecule has 0 aliphatic carbocycles. The molecule has 8 nitrogen and oxygen atoms in total. The van der Waals surface area contributed by atoms with Gasteiger partial charge in [-0.25, -0.2) is 17.9 Å². The molecule has 0 aliphatic heterocycles. The summed E-state index contributed by atoms with van der Waals surface area (Å²) < 4.78 is 27.8. The Labute approximate surface area is 119 Å². The fraction of sp³-hybridized carbons (Fsp3) is 0.300. The molecule has 0 bridgehead atoms. The molecule has 108 valence electrons. The summed E-state index contributed by atoms with van der Waals surface area (Å²) in [6, 6.07) is 2.56. The fourth-order valence-corrected chi connectivity index (χ4v) is 3.71. The summed E-state index contributed by atoms with van der Waals surface area (Å²) in [4.78, 5) is 10.7. The summed E-state index contributed by atoms with van der Waals surface area (Å²) in [7, 11) is -3.65. The first-order valence-electron chi connectivity index (χ1n) is 5.66. The van der Waals surface area contributed by atoms with E-state index in [-0.39, 0.29) is 15.6 Å². The van der Waals surface area contributed by atoms with Gasteiger partial charge in [0.05, 0.1) is 6.20 Å². The maximum atomic E-state index is 11.9. The Hall–Kier alpha value is -1.78. The molecule has 0 radical (unpaired) electrons. The molecule has 2 rings (SSSR count). The van der Waals surface area contributed by atoms with Crippen LogP contribution in [0.1, 0.15) is 16.1 Å². The van der Waals surface area contributed by atoms with Crippen LogP contribution in [-0.2, 0) is 16.6 Å². The second-order valence-electron chi connectivity index (χ2n) is 3.84. The maximum absolute atomic E-state index is 11.9. The number of aryl methyl sites for hydroxylation is 1. The van der Waals surface area contributed by atoms with Crippen molar-refractivity contribution in [1.29, 1.82) is 0 Å². The lowest BCUT2D eigenvalue weighted by Crippen LogP contribution is -2.24. The molecule has 0 amide bonds. The number of carboxylic acids is 1. The van der Waals surface area contributed by atoms with Crippen molar-refractivity contribution in [2.75, 3.05) is 6.54 Å². The van der Waals surface area contributed by atoms with Crippen LogP contribution in [0.3, 0.4) is 0 Å². The number of nitrogens with one attached hydrogen (secondary N) is 1. The smallest absolute Gasteiger partial charge is 0.345 e. The van der Waals surface area contributed by atoms with Gasteiger partial charge >= 0.3 is 5.97 Å². The Balaban J connectivity index is 1.88. The highest BCUT2D eigenvalue weighted by molar-refractivity contribution is 7.91. The number of hydrogen-bond acceptors (Lipinski definition) is 6. The first-order valence-corrected chi connectivity index (χ1v) is 7.96. The SMILES string of the molecule is O=C(O)c1ccc(S(=O)(=O)NCCCn2ccnn2)s1. The molecule has 0 aromatic carbocycles. The van der Waals surface area contributed by atoms with Gasteiger partial charge in [0.2, 0.25) is 10.0 Å². The molecule has 20 heavy (non-hydrogen) atoms. The summed E-state index contributed by atoms with van der Waals surface area (Å²) in [6.07, 6.45) is 3.79. The van der Waals surface area contributed by atoms with Crippen molar-refractivity contribution in [2.24, 2.45) is 0 Å². The number of rotatable bonds is 7. The van der Waals surface area contributed by atoms with Gasteiger partial charge in [-0.2, -0.15) is 0 Å². The van der Waals surface area contributed by atoms with Crippen LogP contribution >= 0.6 is 11.3 Å². The molecule has 0 saturated carbocycles. The fourth-order valence-electron chi connectivity index (χ4n) is 1.45. The van der Waals surface area contributed by atoms with Gasteiger partial charge < -0.3 is 5.11 Å². The maximum Gasteiger partial charge on any atom is 0.345 e. The predicted octanol–water partition coefficient (Wildman–Crippen LogP) is 0.406. The van der Waals surface area contributed by atoms with Crippen LogP contribution in [0.2, 0.25) is 0 Å². The van der Waals surface area contributed by atoms with E-state index in [9.17, 15) is 13.2 Å². The molecular weight excluding hydrogens is 304 g/mol. The van der Waals surface area contributed by atoms with Gasteiger partial charge in [-0.3, -0.25) is 4.68 Å². The van der Waals surface area contributed by atoms with E-state index in [0.717, 1.165) is 11.3 Å². The topological polar surface area (TPSA) is 114 Å². The molecule has 0 fully saturated rings. The summed E-state index contributed by atoms with van der Waals surface area (Å²) >= 11 is 0.726. The molecule has 2 aromatic heterocycles. The Morgan fingerprint density at radius 1 is 1.45 bits per heavy atom.